The lowest BCUT2D eigenvalue weighted by atomic mass is 10.1. The zero-order valence-corrected chi connectivity index (χ0v) is 12.2. The number of rotatable bonds is 3. The van der Waals surface area contributed by atoms with E-state index in [1.807, 2.05) is 45.7 Å². The smallest absolute Gasteiger partial charge is 0.254 e. The third-order valence-electron chi connectivity index (χ3n) is 3.38. The van der Waals surface area contributed by atoms with Crippen LogP contribution >= 0.6 is 0 Å². The molecule has 2 heterocycles. The number of pyridine rings is 1. The van der Waals surface area contributed by atoms with Gasteiger partial charge in [0.2, 0.25) is 0 Å². The molecule has 102 valence electrons. The summed E-state index contributed by atoms with van der Waals surface area (Å²) in [7, 11) is 1.85. The number of hydrogen-bond acceptors (Lipinski definition) is 3. The Morgan fingerprint density at radius 3 is 2.53 bits per heavy atom. The van der Waals surface area contributed by atoms with Gasteiger partial charge in [0.1, 0.15) is 0 Å². The molecule has 0 unspecified atom stereocenters. The normalized spacial score (nSPS) is 11.0. The van der Waals surface area contributed by atoms with E-state index in [2.05, 4.69) is 10.1 Å². The summed E-state index contributed by atoms with van der Waals surface area (Å²) in [6.45, 7) is 9.21. The van der Waals surface area contributed by atoms with Gasteiger partial charge < -0.3 is 4.90 Å². The molecule has 0 bridgehead atoms. The number of fused-ring (bicyclic) bond motifs is 1. The first kappa shape index (κ1) is 13.5. The maximum atomic E-state index is 12.6. The maximum absolute atomic E-state index is 12.6. The summed E-state index contributed by atoms with van der Waals surface area (Å²) in [4.78, 5) is 18.9. The van der Waals surface area contributed by atoms with Gasteiger partial charge in [-0.1, -0.05) is 0 Å². The largest absolute Gasteiger partial charge is 0.339 e. The van der Waals surface area contributed by atoms with Crippen LogP contribution in [0.1, 0.15) is 35.6 Å². The molecule has 5 heteroatoms. The lowest BCUT2D eigenvalue weighted by Crippen LogP contribution is -2.30. The molecule has 0 saturated heterocycles. The number of carbonyl (C=O) groups excluding carboxylic acids is 1. The molecule has 0 saturated carbocycles. The van der Waals surface area contributed by atoms with E-state index in [1.54, 1.807) is 4.68 Å². The second kappa shape index (κ2) is 4.99. The number of nitrogens with zero attached hydrogens (tertiary/aromatic N) is 4. The van der Waals surface area contributed by atoms with E-state index in [0.717, 1.165) is 22.4 Å². The van der Waals surface area contributed by atoms with Gasteiger partial charge in [-0.2, -0.15) is 5.10 Å². The molecule has 0 spiro atoms. The van der Waals surface area contributed by atoms with Gasteiger partial charge in [0.15, 0.2) is 5.65 Å². The zero-order valence-electron chi connectivity index (χ0n) is 12.2. The van der Waals surface area contributed by atoms with Crippen molar-refractivity contribution in [3.8, 4) is 0 Å². The molecule has 0 aliphatic rings. The monoisotopic (exact) mass is 260 g/mol. The Balaban J connectivity index is 2.69. The summed E-state index contributed by atoms with van der Waals surface area (Å²) in [6, 6.07) is 1.86. The van der Waals surface area contributed by atoms with Crippen LogP contribution in [0.15, 0.2) is 6.07 Å². The number of carbonyl (C=O) groups is 1. The van der Waals surface area contributed by atoms with Crippen LogP contribution in [0.5, 0.6) is 0 Å². The molecule has 1 amide bonds. The number of amides is 1. The Morgan fingerprint density at radius 2 is 1.95 bits per heavy atom. The van der Waals surface area contributed by atoms with Gasteiger partial charge in [-0.25, -0.2) is 4.98 Å². The summed E-state index contributed by atoms with van der Waals surface area (Å²) in [5.41, 5.74) is 3.16. The highest BCUT2D eigenvalue weighted by Crippen LogP contribution is 2.22. The molecule has 0 aliphatic heterocycles. The summed E-state index contributed by atoms with van der Waals surface area (Å²) < 4.78 is 1.73. The van der Waals surface area contributed by atoms with E-state index in [9.17, 15) is 4.79 Å². The second-order valence-corrected chi connectivity index (χ2v) is 4.70. The van der Waals surface area contributed by atoms with Crippen molar-refractivity contribution in [3.05, 3.63) is 23.0 Å². The van der Waals surface area contributed by atoms with Gasteiger partial charge in [-0.05, 0) is 33.8 Å². The Kier molecular flexibility index (Phi) is 3.55. The quantitative estimate of drug-likeness (QED) is 0.849. The molecule has 2 rings (SSSR count). The highest BCUT2D eigenvalue weighted by molar-refractivity contribution is 6.06. The number of aromatic nitrogens is 3. The Bertz CT molecular complexity index is 626. The first-order valence-electron chi connectivity index (χ1n) is 6.59. The lowest BCUT2D eigenvalue weighted by molar-refractivity contribution is 0.0774. The van der Waals surface area contributed by atoms with Crippen molar-refractivity contribution in [3.63, 3.8) is 0 Å². The van der Waals surface area contributed by atoms with E-state index >= 15 is 0 Å². The Hall–Kier alpha value is -1.91. The predicted octanol–water partition coefficient (Wildman–Crippen LogP) is 2.07. The van der Waals surface area contributed by atoms with E-state index in [0.29, 0.717) is 18.7 Å². The number of aryl methyl sites for hydroxylation is 3. The lowest BCUT2D eigenvalue weighted by Gasteiger charge is -2.19. The first-order valence-corrected chi connectivity index (χ1v) is 6.59. The van der Waals surface area contributed by atoms with Crippen LogP contribution in [0.2, 0.25) is 0 Å². The van der Waals surface area contributed by atoms with E-state index < -0.39 is 0 Å². The molecule has 2 aromatic rings. The highest BCUT2D eigenvalue weighted by atomic mass is 16.2. The minimum atomic E-state index is 0.0524. The summed E-state index contributed by atoms with van der Waals surface area (Å²) >= 11 is 0. The van der Waals surface area contributed by atoms with Gasteiger partial charge in [0, 0.05) is 25.8 Å². The van der Waals surface area contributed by atoms with Gasteiger partial charge >= 0.3 is 0 Å². The SMILES string of the molecule is CCN(CC)C(=O)c1cc(C)nc2c1c(C)nn2C. The standard InChI is InChI=1S/C14H20N4O/c1-6-18(7-2)14(19)11-8-9(3)15-13-12(11)10(4)16-17(13)5/h8H,6-7H2,1-5H3. The fourth-order valence-electron chi connectivity index (χ4n) is 2.42. The van der Waals surface area contributed by atoms with Crippen molar-refractivity contribution in [2.45, 2.75) is 27.7 Å². The van der Waals surface area contributed by atoms with Crippen LogP contribution in [-0.2, 0) is 7.05 Å². The van der Waals surface area contributed by atoms with Crippen LogP contribution in [0, 0.1) is 13.8 Å². The minimum absolute atomic E-state index is 0.0524. The molecule has 0 aromatic carbocycles. The topological polar surface area (TPSA) is 51.0 Å². The third kappa shape index (κ3) is 2.20. The van der Waals surface area contributed by atoms with Crippen molar-refractivity contribution < 1.29 is 4.79 Å². The molecule has 5 nitrogen and oxygen atoms in total. The van der Waals surface area contributed by atoms with Gasteiger partial charge in [-0.3, -0.25) is 9.48 Å². The molecule has 0 radical (unpaired) electrons. The van der Waals surface area contributed by atoms with Gasteiger partial charge in [0.05, 0.1) is 16.6 Å². The molecule has 0 fully saturated rings. The molecule has 2 aromatic heterocycles. The van der Waals surface area contributed by atoms with E-state index in [-0.39, 0.29) is 5.91 Å². The average molecular weight is 260 g/mol. The van der Waals surface area contributed by atoms with Gasteiger partial charge in [0.25, 0.3) is 5.91 Å². The van der Waals surface area contributed by atoms with Crippen LogP contribution in [0.3, 0.4) is 0 Å². The fourth-order valence-corrected chi connectivity index (χ4v) is 2.42. The maximum Gasteiger partial charge on any atom is 0.254 e. The van der Waals surface area contributed by atoms with Crippen LogP contribution in [-0.4, -0.2) is 38.7 Å². The molecule has 0 aliphatic carbocycles. The summed E-state index contributed by atoms with van der Waals surface area (Å²) in [6.07, 6.45) is 0. The first-order chi connectivity index (χ1) is 8.99. The van der Waals surface area contributed by atoms with Crippen molar-refractivity contribution in [1.29, 1.82) is 0 Å². The third-order valence-corrected chi connectivity index (χ3v) is 3.38. The van der Waals surface area contributed by atoms with Crippen molar-refractivity contribution >= 4 is 16.9 Å². The molecule has 0 atom stereocenters. The van der Waals surface area contributed by atoms with Crippen LogP contribution in [0.4, 0.5) is 0 Å². The molecular formula is C14H20N4O. The van der Waals surface area contributed by atoms with Crippen LogP contribution in [0.25, 0.3) is 11.0 Å². The minimum Gasteiger partial charge on any atom is -0.339 e. The van der Waals surface area contributed by atoms with Crippen molar-refractivity contribution in [2.24, 2.45) is 7.05 Å². The highest BCUT2D eigenvalue weighted by Gasteiger charge is 2.20. The molecular weight excluding hydrogens is 240 g/mol. The average Bonchev–Trinajstić information content (AvgIpc) is 2.65. The van der Waals surface area contributed by atoms with E-state index in [1.165, 1.54) is 0 Å². The van der Waals surface area contributed by atoms with Crippen LogP contribution < -0.4 is 0 Å². The molecule has 19 heavy (non-hydrogen) atoms. The van der Waals surface area contributed by atoms with Gasteiger partial charge in [-0.15, -0.1) is 0 Å². The van der Waals surface area contributed by atoms with E-state index in [4.69, 9.17) is 0 Å². The number of hydrogen-bond donors (Lipinski definition) is 0. The Labute approximate surface area is 113 Å². The molecule has 0 N–H and O–H groups in total. The summed E-state index contributed by atoms with van der Waals surface area (Å²) in [5, 5.41) is 5.23. The van der Waals surface area contributed by atoms with Crippen molar-refractivity contribution in [2.75, 3.05) is 13.1 Å². The predicted molar refractivity (Wildman–Crippen MR) is 75.2 cm³/mol. The second-order valence-electron chi connectivity index (χ2n) is 4.70. The summed E-state index contributed by atoms with van der Waals surface area (Å²) in [5.74, 6) is 0.0524. The fraction of sp³-hybridized carbons (Fsp3) is 0.500. The zero-order chi connectivity index (χ0) is 14.2. The van der Waals surface area contributed by atoms with Crippen molar-refractivity contribution in [1.82, 2.24) is 19.7 Å². The Morgan fingerprint density at radius 1 is 1.32 bits per heavy atom.